The van der Waals surface area contributed by atoms with E-state index >= 15 is 0 Å². The van der Waals surface area contributed by atoms with Crippen molar-refractivity contribution in [2.75, 3.05) is 20.7 Å². The van der Waals surface area contributed by atoms with E-state index in [4.69, 9.17) is 27.9 Å². The number of likely N-dealkylation sites (N-methyl/N-ethyl adjacent to an activating group) is 1. The van der Waals surface area contributed by atoms with E-state index in [-0.39, 0.29) is 18.4 Å². The summed E-state index contributed by atoms with van der Waals surface area (Å²) >= 11 is 11.9. The Hall–Kier alpha value is -2.24. The van der Waals surface area contributed by atoms with Gasteiger partial charge in [0.25, 0.3) is 11.8 Å². The first-order valence-electron chi connectivity index (χ1n) is 7.54. The van der Waals surface area contributed by atoms with Crippen molar-refractivity contribution in [3.05, 3.63) is 63.6 Å². The fraction of sp³-hybridized carbons (Fsp3) is 0.222. The highest BCUT2D eigenvalue weighted by Gasteiger charge is 2.14. The lowest BCUT2D eigenvalue weighted by Gasteiger charge is -2.18. The molecule has 0 saturated heterocycles. The van der Waals surface area contributed by atoms with Crippen LogP contribution in [0.1, 0.15) is 15.9 Å². The number of halogens is 2. The first kappa shape index (κ1) is 19.1. The summed E-state index contributed by atoms with van der Waals surface area (Å²) in [6, 6.07) is 12.0. The average molecular weight is 381 g/mol. The molecule has 0 unspecified atom stereocenters. The molecule has 132 valence electrons. The SMILES string of the molecule is CNC(=O)c1ccccc1OCC(=O)N(C)Cc1ccc(Cl)c(Cl)c1. The van der Waals surface area contributed by atoms with Gasteiger partial charge in [-0.1, -0.05) is 41.4 Å². The van der Waals surface area contributed by atoms with Crippen LogP contribution in [0.15, 0.2) is 42.5 Å². The number of para-hydroxylation sites is 1. The van der Waals surface area contributed by atoms with Gasteiger partial charge < -0.3 is 15.0 Å². The van der Waals surface area contributed by atoms with Crippen molar-refractivity contribution in [1.29, 1.82) is 0 Å². The van der Waals surface area contributed by atoms with E-state index in [1.165, 1.54) is 11.9 Å². The Morgan fingerprint density at radius 2 is 1.84 bits per heavy atom. The van der Waals surface area contributed by atoms with Gasteiger partial charge in [0.15, 0.2) is 6.61 Å². The smallest absolute Gasteiger partial charge is 0.260 e. The zero-order valence-corrected chi connectivity index (χ0v) is 15.4. The van der Waals surface area contributed by atoms with Gasteiger partial charge in [0.1, 0.15) is 5.75 Å². The maximum atomic E-state index is 12.3. The van der Waals surface area contributed by atoms with Crippen LogP contribution in [0.25, 0.3) is 0 Å². The monoisotopic (exact) mass is 380 g/mol. The number of rotatable bonds is 6. The van der Waals surface area contributed by atoms with Gasteiger partial charge in [-0.15, -0.1) is 0 Å². The van der Waals surface area contributed by atoms with Crippen LogP contribution in [-0.2, 0) is 11.3 Å². The second-order valence-corrected chi connectivity index (χ2v) is 6.18. The molecule has 0 radical (unpaired) electrons. The highest BCUT2D eigenvalue weighted by atomic mass is 35.5. The summed E-state index contributed by atoms with van der Waals surface area (Å²) in [6.07, 6.45) is 0. The minimum Gasteiger partial charge on any atom is -0.483 e. The Labute approximate surface area is 156 Å². The van der Waals surface area contributed by atoms with Gasteiger partial charge in [-0.25, -0.2) is 0 Å². The van der Waals surface area contributed by atoms with Gasteiger partial charge in [-0.3, -0.25) is 9.59 Å². The maximum absolute atomic E-state index is 12.3. The fourth-order valence-corrected chi connectivity index (χ4v) is 2.49. The Morgan fingerprint density at radius 3 is 2.52 bits per heavy atom. The second kappa shape index (κ2) is 8.74. The third kappa shape index (κ3) is 5.11. The zero-order chi connectivity index (χ0) is 18.4. The molecule has 0 heterocycles. The van der Waals surface area contributed by atoms with Crippen LogP contribution >= 0.6 is 23.2 Å². The molecule has 0 aliphatic carbocycles. The summed E-state index contributed by atoms with van der Waals surface area (Å²) in [6.45, 7) is 0.196. The lowest BCUT2D eigenvalue weighted by Crippen LogP contribution is -2.31. The van der Waals surface area contributed by atoms with Gasteiger partial charge >= 0.3 is 0 Å². The van der Waals surface area contributed by atoms with E-state index < -0.39 is 0 Å². The molecule has 2 aromatic rings. The number of carbonyl (C=O) groups excluding carboxylic acids is 2. The van der Waals surface area contributed by atoms with Crippen molar-refractivity contribution in [3.63, 3.8) is 0 Å². The van der Waals surface area contributed by atoms with Crippen LogP contribution in [-0.4, -0.2) is 37.4 Å². The van der Waals surface area contributed by atoms with Gasteiger partial charge in [-0.2, -0.15) is 0 Å². The topological polar surface area (TPSA) is 58.6 Å². The Balaban J connectivity index is 1.98. The molecule has 25 heavy (non-hydrogen) atoms. The van der Waals surface area contributed by atoms with E-state index in [1.807, 2.05) is 0 Å². The van der Waals surface area contributed by atoms with Crippen molar-refractivity contribution < 1.29 is 14.3 Å². The molecule has 2 amide bonds. The number of amides is 2. The predicted molar refractivity (Wildman–Crippen MR) is 98.3 cm³/mol. The third-order valence-corrected chi connectivity index (χ3v) is 4.28. The Morgan fingerprint density at radius 1 is 1.12 bits per heavy atom. The summed E-state index contributed by atoms with van der Waals surface area (Å²) in [7, 11) is 3.20. The first-order chi connectivity index (χ1) is 11.9. The van der Waals surface area contributed by atoms with Crippen LogP contribution in [0.3, 0.4) is 0 Å². The summed E-state index contributed by atoms with van der Waals surface area (Å²) in [5.41, 5.74) is 1.24. The Kier molecular flexibility index (Phi) is 6.67. The van der Waals surface area contributed by atoms with Crippen molar-refractivity contribution in [1.82, 2.24) is 10.2 Å². The summed E-state index contributed by atoms with van der Waals surface area (Å²) in [5, 5.41) is 3.44. The summed E-state index contributed by atoms with van der Waals surface area (Å²) in [5.74, 6) is -0.136. The van der Waals surface area contributed by atoms with Crippen molar-refractivity contribution in [2.45, 2.75) is 6.54 Å². The number of hydrogen-bond acceptors (Lipinski definition) is 3. The molecule has 2 rings (SSSR count). The van der Waals surface area contributed by atoms with Crippen LogP contribution in [0.5, 0.6) is 5.75 Å². The minimum atomic E-state index is -0.271. The molecule has 1 N–H and O–H groups in total. The van der Waals surface area contributed by atoms with E-state index in [2.05, 4.69) is 5.32 Å². The number of carbonyl (C=O) groups is 2. The minimum absolute atomic E-state index is 0.175. The average Bonchev–Trinajstić information content (AvgIpc) is 2.62. The summed E-state index contributed by atoms with van der Waals surface area (Å²) < 4.78 is 5.52. The molecule has 5 nitrogen and oxygen atoms in total. The number of nitrogens with one attached hydrogen (secondary N) is 1. The Bertz CT molecular complexity index is 781. The predicted octanol–water partition coefficient (Wildman–Crippen LogP) is 3.39. The number of nitrogens with zero attached hydrogens (tertiary/aromatic N) is 1. The van der Waals surface area contributed by atoms with Crippen molar-refractivity contribution in [2.24, 2.45) is 0 Å². The molecule has 2 aromatic carbocycles. The molecule has 0 saturated carbocycles. The van der Waals surface area contributed by atoms with E-state index in [0.29, 0.717) is 27.9 Å². The second-order valence-electron chi connectivity index (χ2n) is 5.36. The van der Waals surface area contributed by atoms with Crippen LogP contribution in [0, 0.1) is 0 Å². The van der Waals surface area contributed by atoms with Gasteiger partial charge in [0.05, 0.1) is 15.6 Å². The normalized spacial score (nSPS) is 10.2. The van der Waals surface area contributed by atoms with E-state index in [0.717, 1.165) is 5.56 Å². The van der Waals surface area contributed by atoms with Gasteiger partial charge in [0, 0.05) is 20.6 Å². The van der Waals surface area contributed by atoms with E-state index in [9.17, 15) is 9.59 Å². The number of hydrogen-bond donors (Lipinski definition) is 1. The highest BCUT2D eigenvalue weighted by Crippen LogP contribution is 2.23. The molecule has 0 aromatic heterocycles. The van der Waals surface area contributed by atoms with Crippen molar-refractivity contribution in [3.8, 4) is 5.75 Å². The molecule has 0 fully saturated rings. The fourth-order valence-electron chi connectivity index (χ4n) is 2.16. The molecule has 0 bridgehead atoms. The molecular formula is C18H18Cl2N2O3. The lowest BCUT2D eigenvalue weighted by atomic mass is 10.2. The van der Waals surface area contributed by atoms with Gasteiger partial charge in [0.2, 0.25) is 0 Å². The molecule has 0 atom stereocenters. The van der Waals surface area contributed by atoms with Gasteiger partial charge in [-0.05, 0) is 29.8 Å². The van der Waals surface area contributed by atoms with E-state index in [1.54, 1.807) is 49.5 Å². The summed E-state index contributed by atoms with van der Waals surface area (Å²) in [4.78, 5) is 25.6. The van der Waals surface area contributed by atoms with Crippen molar-refractivity contribution >= 4 is 35.0 Å². The molecular weight excluding hydrogens is 363 g/mol. The molecule has 0 aliphatic rings. The van der Waals surface area contributed by atoms with Crippen LogP contribution in [0.4, 0.5) is 0 Å². The molecule has 0 spiro atoms. The standard InChI is InChI=1S/C18H18Cl2N2O3/c1-21-18(24)13-5-3-4-6-16(13)25-11-17(23)22(2)10-12-7-8-14(19)15(20)9-12/h3-9H,10-11H2,1-2H3,(H,21,24). The third-order valence-electron chi connectivity index (χ3n) is 3.54. The van der Waals surface area contributed by atoms with Crippen LogP contribution < -0.4 is 10.1 Å². The molecule has 7 heteroatoms. The maximum Gasteiger partial charge on any atom is 0.260 e. The highest BCUT2D eigenvalue weighted by molar-refractivity contribution is 6.42. The quantitative estimate of drug-likeness (QED) is 0.835. The largest absolute Gasteiger partial charge is 0.483 e. The number of ether oxygens (including phenoxy) is 1. The lowest BCUT2D eigenvalue weighted by molar-refractivity contribution is -0.132. The first-order valence-corrected chi connectivity index (χ1v) is 8.29. The zero-order valence-electron chi connectivity index (χ0n) is 13.9. The van der Waals surface area contributed by atoms with Crippen LogP contribution in [0.2, 0.25) is 10.0 Å². The molecule has 0 aliphatic heterocycles. The number of benzene rings is 2.